The lowest BCUT2D eigenvalue weighted by Crippen LogP contribution is -2.53. The number of carbonyl (C=O) groups excluding carboxylic acids is 15. The first kappa shape index (κ1) is 81.1. The van der Waals surface area contributed by atoms with Crippen LogP contribution in [0.4, 0.5) is 9.59 Å². The first-order valence-electron chi connectivity index (χ1n) is 31.5. The molecule has 0 aliphatic carbocycles. The highest BCUT2D eigenvalue weighted by Crippen LogP contribution is 2.26. The molecule has 3 rings (SSSR count). The number of likely N-dealkylation sites (tertiary alicyclic amines) is 3. The number of unbranched alkanes of at least 4 members (excludes halogenated alkanes) is 6. The number of ketones is 3. The van der Waals surface area contributed by atoms with Gasteiger partial charge in [-0.25, -0.2) is 9.59 Å². The molecule has 3 saturated heterocycles. The van der Waals surface area contributed by atoms with E-state index in [4.69, 9.17) is 12.8 Å². The Morgan fingerprint density at radius 1 is 0.551 bits per heavy atom. The van der Waals surface area contributed by atoms with Crippen molar-refractivity contribution in [3.8, 4) is 0 Å². The number of hydrogen-bond donors (Lipinski definition) is 7. The Kier molecular flexibility index (Phi) is 42.9. The van der Waals surface area contributed by atoms with E-state index in [1.807, 2.05) is 46.5 Å². The molecule has 0 radical (unpaired) electrons. The van der Waals surface area contributed by atoms with Gasteiger partial charge in [-0.15, -0.1) is 0 Å². The number of rotatable bonds is 40. The molecule has 89 heavy (non-hydrogen) atoms. The minimum Gasteiger partial charge on any atom is -0.352 e. The van der Waals surface area contributed by atoms with Crippen LogP contribution in [0, 0.1) is 17.8 Å². The zero-order valence-corrected chi connectivity index (χ0v) is 56.9. The van der Waals surface area contributed by atoms with E-state index in [-0.39, 0.29) is 124 Å². The molecule has 3 unspecified atom stereocenters. The number of hydrogen-bond acceptors (Lipinski definition) is 18. The third kappa shape index (κ3) is 33.7. The number of Topliss-reactive ketones (excluding diaryl/α,β-unsaturated/α-hetero) is 3. The topological polar surface area (TPSA) is 378 Å². The van der Waals surface area contributed by atoms with Crippen molar-refractivity contribution >= 4 is 124 Å². The Morgan fingerprint density at radius 2 is 0.933 bits per heavy atom. The fourth-order valence-corrected chi connectivity index (χ4v) is 11.5. The van der Waals surface area contributed by atoms with Gasteiger partial charge in [-0.3, -0.25) is 72.2 Å². The average molecular weight is 1310 g/mol. The normalized spacial score (nSPS) is 17.7. The molecule has 0 aromatic heterocycles. The van der Waals surface area contributed by atoms with Crippen molar-refractivity contribution < 1.29 is 73.3 Å². The molecule has 506 valence electrons. The van der Waals surface area contributed by atoms with Crippen LogP contribution in [0.1, 0.15) is 192 Å². The zero-order chi connectivity index (χ0) is 68.6. The molecular formula is C61H104N10O15S3. The van der Waals surface area contributed by atoms with E-state index in [1.54, 1.807) is 13.8 Å². The molecule has 3 fully saturated rings. The monoisotopic (exact) mass is 1310 g/mol. The molecule has 25 nitrogen and oxygen atoms in total. The maximum atomic E-state index is 12.8. The van der Waals surface area contributed by atoms with E-state index in [9.17, 15) is 71.9 Å². The van der Waals surface area contributed by atoms with Gasteiger partial charge in [0.2, 0.25) is 53.2 Å². The Labute approximate surface area is 541 Å². The standard InChI is InChI=1S/C23H39N5O6S.C14H27N3O3.C13H21NO3S.C11H17NO3S/c1-14(2)20(21(32)26-16(15(3)29)9-8-11-25-23(24)34)27-18(30)10-6-5-7-12-28-19(31)13-17(35-4)22(28)33;1-5-11(9(2)3)13(19)17-12(10(4)18)7-6-8-16-14(15)20;1-3-10(15)7-5-4-6-8-14-12(16)9-11(18-2)13(14)17;1-16-9-8-10(14)12(11(9)15)6-4-2-3-5-7-13/h14,16-17,20H,5-13H2,1-4H3,(H,26,32)(H,27,30)(H3,24,25,34);9,11-12H,5-8H2,1-4H3,(H,17,19)(H3,15,16,20);11H,3-9H2,1-2H3;7,9H,2-6,8H2,1H3/t16-,17?,20-;11-,12-;;/m00../s1/i;;;7D. The summed E-state index contributed by atoms with van der Waals surface area (Å²) in [5, 5.41) is 12.5. The van der Waals surface area contributed by atoms with Gasteiger partial charge in [-0.05, 0) is 115 Å². The number of aldehydes is 1. The number of nitrogens with zero attached hydrogens (tertiary/aromatic N) is 3. The fourth-order valence-electron chi connectivity index (χ4n) is 9.61. The van der Waals surface area contributed by atoms with Crippen molar-refractivity contribution in [1.82, 2.24) is 41.3 Å². The number of thioether (sulfide) groups is 3. The molecule has 0 spiro atoms. The fraction of sp³-hybridized carbons (Fsp3) is 0.754. The van der Waals surface area contributed by atoms with Crippen LogP contribution in [0.5, 0.6) is 0 Å². The van der Waals surface area contributed by atoms with Gasteiger partial charge in [0.25, 0.3) is 0 Å². The molecule has 0 aromatic carbocycles. The van der Waals surface area contributed by atoms with Gasteiger partial charge in [0.15, 0.2) is 11.6 Å². The number of nitrogens with two attached hydrogens (primary N) is 2. The van der Waals surface area contributed by atoms with Crippen LogP contribution in [0.25, 0.3) is 0 Å². The molecule has 3 heterocycles. The summed E-state index contributed by atoms with van der Waals surface area (Å²) in [6.45, 7) is 16.3. The molecule has 7 atom stereocenters. The van der Waals surface area contributed by atoms with E-state index < -0.39 is 42.4 Å². The van der Waals surface area contributed by atoms with Crippen molar-refractivity contribution in [3.05, 3.63) is 0 Å². The lowest BCUT2D eigenvalue weighted by Gasteiger charge is -2.24. The van der Waals surface area contributed by atoms with Crippen LogP contribution in [0.3, 0.4) is 0 Å². The summed E-state index contributed by atoms with van der Waals surface area (Å²) in [6.07, 6.45) is 16.7. The minimum atomic E-state index is -0.795. The third-order valence-corrected chi connectivity index (χ3v) is 17.8. The van der Waals surface area contributed by atoms with E-state index in [1.165, 1.54) is 63.8 Å². The summed E-state index contributed by atoms with van der Waals surface area (Å²) in [5.41, 5.74) is 9.97. The van der Waals surface area contributed by atoms with E-state index in [0.29, 0.717) is 110 Å². The minimum absolute atomic E-state index is 0.0443. The molecule has 9 N–H and O–H groups in total. The molecule has 3 aliphatic heterocycles. The largest absolute Gasteiger partial charge is 0.352 e. The van der Waals surface area contributed by atoms with Crippen molar-refractivity contribution in [2.75, 3.05) is 51.5 Å². The van der Waals surface area contributed by atoms with Crippen LogP contribution in [-0.4, -0.2) is 189 Å². The van der Waals surface area contributed by atoms with Gasteiger partial charge in [-0.1, -0.05) is 60.8 Å². The quantitative estimate of drug-likeness (QED) is 0.0237. The second kappa shape index (κ2) is 47.1. The average Bonchev–Trinajstić information content (AvgIpc) is 1.89. The second-order valence-corrected chi connectivity index (χ2v) is 25.8. The predicted octanol–water partition coefficient (Wildman–Crippen LogP) is 5.14. The Balaban J connectivity index is 0.00000124. The number of amides is 13. The molecule has 28 heteroatoms. The summed E-state index contributed by atoms with van der Waals surface area (Å²) in [4.78, 5) is 178. The van der Waals surface area contributed by atoms with Gasteiger partial charge in [0, 0.05) is 83.6 Å². The molecule has 13 amide bonds. The molecular weight excluding hydrogens is 1210 g/mol. The van der Waals surface area contributed by atoms with Crippen LogP contribution >= 0.6 is 35.3 Å². The lowest BCUT2D eigenvalue weighted by molar-refractivity contribution is -0.139. The van der Waals surface area contributed by atoms with Gasteiger partial charge in [-0.2, -0.15) is 35.3 Å². The van der Waals surface area contributed by atoms with Crippen LogP contribution < -0.4 is 38.1 Å². The Bertz CT molecular complexity index is 2400. The third-order valence-electron chi connectivity index (χ3n) is 15.0. The van der Waals surface area contributed by atoms with Gasteiger partial charge >= 0.3 is 12.1 Å². The van der Waals surface area contributed by atoms with Crippen molar-refractivity contribution in [1.29, 1.82) is 0 Å². The first-order valence-corrected chi connectivity index (χ1v) is 34.9. The zero-order valence-electron chi connectivity index (χ0n) is 55.4. The highest BCUT2D eigenvalue weighted by Gasteiger charge is 2.39. The van der Waals surface area contributed by atoms with Gasteiger partial charge in [0.1, 0.15) is 19.5 Å². The smallest absolute Gasteiger partial charge is 0.312 e. The lowest BCUT2D eigenvalue weighted by atomic mass is 9.92. The van der Waals surface area contributed by atoms with E-state index in [0.717, 1.165) is 32.1 Å². The van der Waals surface area contributed by atoms with E-state index in [2.05, 4.69) is 26.6 Å². The number of imide groups is 3. The highest BCUT2D eigenvalue weighted by molar-refractivity contribution is 8.00. The SMILES string of the molecule is CCC(=O)CCCCCN1C(=O)CC(SC)C1=O.CC[C@H](C(=O)N[C@@H](CCCNC(N)=O)C(C)=O)C(C)C.CSC1CC(=O)N(CCCCCC(=O)N[C@H](C(=O)N[C@@H](CCCNC(N)=O)C(C)=O)C(C)C)C1=O.[2H]C(=O)CCCCCN1C(=O)CC(SC)C1=O. The molecule has 3 aliphatic rings. The molecule has 0 aromatic rings. The molecule has 0 saturated carbocycles. The molecule has 0 bridgehead atoms. The predicted molar refractivity (Wildman–Crippen MR) is 347 cm³/mol. The summed E-state index contributed by atoms with van der Waals surface area (Å²) in [7, 11) is 0. The number of primary amides is 2. The Hall–Kier alpha value is -5.90. The van der Waals surface area contributed by atoms with Crippen LogP contribution in [0.2, 0.25) is 0 Å². The van der Waals surface area contributed by atoms with Crippen LogP contribution in [0.15, 0.2) is 0 Å². The van der Waals surface area contributed by atoms with Crippen LogP contribution in [-0.2, 0) is 62.3 Å². The van der Waals surface area contributed by atoms with Gasteiger partial charge in [0.05, 0.1) is 27.8 Å². The number of nitrogens with one attached hydrogen (secondary N) is 5. The van der Waals surface area contributed by atoms with Crippen molar-refractivity contribution in [3.63, 3.8) is 0 Å². The highest BCUT2D eigenvalue weighted by atomic mass is 32.2. The maximum Gasteiger partial charge on any atom is 0.312 e. The maximum absolute atomic E-state index is 12.8. The van der Waals surface area contributed by atoms with Crippen molar-refractivity contribution in [2.24, 2.45) is 29.2 Å². The second-order valence-electron chi connectivity index (χ2n) is 22.7. The summed E-state index contributed by atoms with van der Waals surface area (Å²) < 4.78 is 6.74. The summed E-state index contributed by atoms with van der Waals surface area (Å²) in [5.74, 6) is -1.40. The van der Waals surface area contributed by atoms with Gasteiger partial charge < -0.3 is 42.8 Å². The number of urea groups is 2. The number of carbonyl (C=O) groups is 15. The first-order chi connectivity index (χ1) is 42.4. The van der Waals surface area contributed by atoms with E-state index >= 15 is 0 Å². The summed E-state index contributed by atoms with van der Waals surface area (Å²) >= 11 is 4.24. The summed E-state index contributed by atoms with van der Waals surface area (Å²) in [6, 6.07) is -3.25. The van der Waals surface area contributed by atoms with Crippen molar-refractivity contribution in [2.45, 2.75) is 224 Å². The Morgan fingerprint density at radius 3 is 1.25 bits per heavy atom.